The van der Waals surface area contributed by atoms with Gasteiger partial charge in [0, 0.05) is 45.5 Å². The molecular weight excluding hydrogens is 300 g/mol. The molecule has 0 amide bonds. The topological polar surface area (TPSA) is 27.8 Å². The molecule has 0 saturated heterocycles. The molecule has 3 rings (SSSR count). The molecule has 2 aromatic heterocycles. The smallest absolute Gasteiger partial charge is 0.0472 e. The Bertz CT molecular complexity index is 728. The van der Waals surface area contributed by atoms with Crippen LogP contribution < -0.4 is 5.32 Å². The molecule has 2 nitrogen and oxygen atoms in total. The van der Waals surface area contributed by atoms with Crippen molar-refractivity contribution in [3.8, 4) is 0 Å². The Balaban J connectivity index is 1.67. The average Bonchev–Trinajstić information content (AvgIpc) is 3.08. The monoisotopic (exact) mass is 318 g/mol. The van der Waals surface area contributed by atoms with Crippen LogP contribution in [0.2, 0.25) is 5.02 Å². The van der Waals surface area contributed by atoms with Gasteiger partial charge in [0.1, 0.15) is 0 Å². The molecule has 0 radical (unpaired) electrons. The summed E-state index contributed by atoms with van der Waals surface area (Å²) in [5.74, 6) is 0. The fraction of sp³-hybridized carbons (Fsp3) is 0.294. The van der Waals surface area contributed by atoms with Crippen molar-refractivity contribution in [1.82, 2.24) is 10.3 Å². The first-order chi connectivity index (χ1) is 10.1. The van der Waals surface area contributed by atoms with Gasteiger partial charge in [-0.3, -0.25) is 0 Å². The van der Waals surface area contributed by atoms with Crippen LogP contribution in [0.3, 0.4) is 0 Å². The van der Waals surface area contributed by atoms with E-state index in [0.717, 1.165) is 23.6 Å². The number of fused-ring (bicyclic) bond motifs is 1. The second-order valence-electron chi connectivity index (χ2n) is 5.97. The largest absolute Gasteiger partial charge is 0.361 e. The zero-order valence-electron chi connectivity index (χ0n) is 12.2. The summed E-state index contributed by atoms with van der Waals surface area (Å²) in [7, 11) is 0. The summed E-state index contributed by atoms with van der Waals surface area (Å²) in [6.07, 6.45) is 2.06. The molecule has 110 valence electrons. The number of rotatable bonds is 5. The van der Waals surface area contributed by atoms with Crippen LogP contribution in [0.5, 0.6) is 0 Å². The standard InChI is InChI=1S/C17H19ClN2S/c1-17(2,16-4-3-7-21-16)11-19-9-12-10-20-15-8-13(18)5-6-14(12)15/h3-8,10,19-20H,9,11H2,1-2H3. The van der Waals surface area contributed by atoms with E-state index in [0.29, 0.717) is 0 Å². The summed E-state index contributed by atoms with van der Waals surface area (Å²) in [5, 5.41) is 7.72. The van der Waals surface area contributed by atoms with Gasteiger partial charge in [-0.05, 0) is 29.1 Å². The molecule has 0 aliphatic heterocycles. The molecular formula is C17H19ClN2S. The first-order valence-corrected chi connectivity index (χ1v) is 8.32. The summed E-state index contributed by atoms with van der Waals surface area (Å²) in [6, 6.07) is 10.3. The van der Waals surface area contributed by atoms with Crippen molar-refractivity contribution >= 4 is 33.8 Å². The second kappa shape index (κ2) is 5.84. The number of thiophene rings is 1. The lowest BCUT2D eigenvalue weighted by atomic mass is 9.91. The lowest BCUT2D eigenvalue weighted by Crippen LogP contribution is -2.31. The molecule has 0 saturated carbocycles. The van der Waals surface area contributed by atoms with Gasteiger partial charge in [0.15, 0.2) is 0 Å². The minimum atomic E-state index is 0.156. The van der Waals surface area contributed by atoms with Crippen molar-refractivity contribution < 1.29 is 0 Å². The highest BCUT2D eigenvalue weighted by Crippen LogP contribution is 2.27. The lowest BCUT2D eigenvalue weighted by molar-refractivity contribution is 0.477. The Morgan fingerprint density at radius 3 is 2.90 bits per heavy atom. The average molecular weight is 319 g/mol. The van der Waals surface area contributed by atoms with E-state index in [1.165, 1.54) is 15.8 Å². The highest BCUT2D eigenvalue weighted by molar-refractivity contribution is 7.10. The number of H-pyrrole nitrogens is 1. The van der Waals surface area contributed by atoms with Crippen molar-refractivity contribution in [2.75, 3.05) is 6.54 Å². The summed E-state index contributed by atoms with van der Waals surface area (Å²) < 4.78 is 0. The molecule has 0 unspecified atom stereocenters. The van der Waals surface area contributed by atoms with Crippen LogP contribution in [0.4, 0.5) is 0 Å². The number of halogens is 1. The molecule has 1 aromatic carbocycles. The van der Waals surface area contributed by atoms with E-state index in [1.54, 1.807) is 0 Å². The van der Waals surface area contributed by atoms with Gasteiger partial charge in [-0.15, -0.1) is 11.3 Å². The van der Waals surface area contributed by atoms with Crippen LogP contribution in [-0.2, 0) is 12.0 Å². The van der Waals surface area contributed by atoms with Crippen LogP contribution >= 0.6 is 22.9 Å². The van der Waals surface area contributed by atoms with E-state index in [9.17, 15) is 0 Å². The van der Waals surface area contributed by atoms with Gasteiger partial charge in [0.2, 0.25) is 0 Å². The van der Waals surface area contributed by atoms with E-state index < -0.39 is 0 Å². The third-order valence-corrected chi connectivity index (χ3v) is 5.27. The fourth-order valence-electron chi connectivity index (χ4n) is 2.57. The summed E-state index contributed by atoms with van der Waals surface area (Å²) in [6.45, 7) is 6.37. The van der Waals surface area contributed by atoms with E-state index >= 15 is 0 Å². The van der Waals surface area contributed by atoms with Gasteiger partial charge in [-0.25, -0.2) is 0 Å². The Kier molecular flexibility index (Phi) is 4.07. The number of aromatic amines is 1. The maximum Gasteiger partial charge on any atom is 0.0472 e. The predicted molar refractivity (Wildman–Crippen MR) is 92.4 cm³/mol. The van der Waals surface area contributed by atoms with Gasteiger partial charge < -0.3 is 10.3 Å². The number of aromatic nitrogens is 1. The van der Waals surface area contributed by atoms with Crippen LogP contribution in [0.25, 0.3) is 10.9 Å². The number of nitrogens with one attached hydrogen (secondary N) is 2. The highest BCUT2D eigenvalue weighted by atomic mass is 35.5. The normalized spacial score (nSPS) is 12.1. The Labute approximate surface area is 134 Å². The van der Waals surface area contributed by atoms with Crippen molar-refractivity contribution in [2.24, 2.45) is 0 Å². The first-order valence-electron chi connectivity index (χ1n) is 7.06. The summed E-state index contributed by atoms with van der Waals surface area (Å²) >= 11 is 7.84. The maximum absolute atomic E-state index is 6.01. The SMILES string of the molecule is CC(C)(CNCc1c[nH]c2cc(Cl)ccc12)c1cccs1. The number of benzene rings is 1. The fourth-order valence-corrected chi connectivity index (χ4v) is 3.59. The van der Waals surface area contributed by atoms with Crippen LogP contribution in [0.15, 0.2) is 41.9 Å². The minimum Gasteiger partial charge on any atom is -0.361 e. The van der Waals surface area contributed by atoms with E-state index in [2.05, 4.69) is 53.9 Å². The Morgan fingerprint density at radius 1 is 1.29 bits per heavy atom. The van der Waals surface area contributed by atoms with E-state index in [-0.39, 0.29) is 5.41 Å². The number of hydrogen-bond donors (Lipinski definition) is 2. The van der Waals surface area contributed by atoms with E-state index in [1.807, 2.05) is 23.5 Å². The lowest BCUT2D eigenvalue weighted by Gasteiger charge is -2.23. The van der Waals surface area contributed by atoms with Crippen molar-refractivity contribution in [3.63, 3.8) is 0 Å². The van der Waals surface area contributed by atoms with Crippen molar-refractivity contribution in [3.05, 3.63) is 57.4 Å². The molecule has 0 bridgehead atoms. The van der Waals surface area contributed by atoms with Crippen molar-refractivity contribution in [1.29, 1.82) is 0 Å². The van der Waals surface area contributed by atoms with Gasteiger partial charge >= 0.3 is 0 Å². The molecule has 4 heteroatoms. The van der Waals surface area contributed by atoms with Crippen LogP contribution in [-0.4, -0.2) is 11.5 Å². The van der Waals surface area contributed by atoms with Gasteiger partial charge in [-0.2, -0.15) is 0 Å². The summed E-state index contributed by atoms with van der Waals surface area (Å²) in [4.78, 5) is 4.70. The Hall–Kier alpha value is -1.29. The molecule has 2 heterocycles. The molecule has 2 N–H and O–H groups in total. The quantitative estimate of drug-likeness (QED) is 0.684. The second-order valence-corrected chi connectivity index (χ2v) is 7.35. The molecule has 0 atom stereocenters. The third-order valence-electron chi connectivity index (χ3n) is 3.80. The highest BCUT2D eigenvalue weighted by Gasteiger charge is 2.21. The van der Waals surface area contributed by atoms with Gasteiger partial charge in [0.25, 0.3) is 0 Å². The molecule has 0 aliphatic rings. The molecule has 0 spiro atoms. The van der Waals surface area contributed by atoms with Crippen molar-refractivity contribution in [2.45, 2.75) is 25.8 Å². The maximum atomic E-state index is 6.01. The molecule has 3 aromatic rings. The Morgan fingerprint density at radius 2 is 2.14 bits per heavy atom. The molecule has 0 fully saturated rings. The van der Waals surface area contributed by atoms with Gasteiger partial charge in [0.05, 0.1) is 0 Å². The summed E-state index contributed by atoms with van der Waals surface area (Å²) in [5.41, 5.74) is 2.53. The number of hydrogen-bond acceptors (Lipinski definition) is 2. The first kappa shape index (κ1) is 14.6. The predicted octanol–water partition coefficient (Wildman–Crippen LogP) is 4.95. The zero-order chi connectivity index (χ0) is 14.9. The van der Waals surface area contributed by atoms with Crippen LogP contribution in [0, 0.1) is 0 Å². The third kappa shape index (κ3) is 3.15. The minimum absolute atomic E-state index is 0.156. The molecule has 21 heavy (non-hydrogen) atoms. The zero-order valence-corrected chi connectivity index (χ0v) is 13.8. The van der Waals surface area contributed by atoms with Gasteiger partial charge in [-0.1, -0.05) is 37.6 Å². The van der Waals surface area contributed by atoms with E-state index in [4.69, 9.17) is 11.6 Å². The van der Waals surface area contributed by atoms with Crippen LogP contribution in [0.1, 0.15) is 24.3 Å². The molecule has 0 aliphatic carbocycles.